The molecule has 0 fully saturated rings. The molecule has 0 saturated heterocycles. The summed E-state index contributed by atoms with van der Waals surface area (Å²) >= 11 is 0. The molecule has 2 N–H and O–H groups in total. The maximum atomic E-state index is 10.7. The van der Waals surface area contributed by atoms with Gasteiger partial charge in [0.15, 0.2) is 0 Å². The highest BCUT2D eigenvalue weighted by atomic mass is 16.5. The Bertz CT molecular complexity index is 1060. The fourth-order valence-corrected chi connectivity index (χ4v) is 3.66. The summed E-state index contributed by atoms with van der Waals surface area (Å²) in [6, 6.07) is 28.8. The number of nitrogens with one attached hydrogen (secondary N) is 1. The minimum absolute atomic E-state index is 0.494. The van der Waals surface area contributed by atoms with Crippen LogP contribution in [0.15, 0.2) is 84.9 Å². The zero-order valence-corrected chi connectivity index (χ0v) is 16.6. The molecular formula is C25H26N2O2. The first kappa shape index (κ1) is 19.2. The van der Waals surface area contributed by atoms with E-state index in [0.29, 0.717) is 13.1 Å². The molecule has 4 aromatic rings. The van der Waals surface area contributed by atoms with Crippen LogP contribution in [-0.2, 0) is 13.1 Å². The van der Waals surface area contributed by atoms with Gasteiger partial charge in [-0.2, -0.15) is 0 Å². The molecule has 4 rings (SSSR count). The van der Waals surface area contributed by atoms with Gasteiger partial charge in [-0.05, 0) is 47.5 Å². The summed E-state index contributed by atoms with van der Waals surface area (Å²) in [5.41, 5.74) is 4.54. The van der Waals surface area contributed by atoms with E-state index in [2.05, 4.69) is 52.3 Å². The topological polar surface area (TPSA) is 46.4 Å². The second-order valence-electron chi connectivity index (χ2n) is 7.20. The van der Waals surface area contributed by atoms with Gasteiger partial charge in [-0.25, -0.2) is 0 Å². The maximum absolute atomic E-state index is 10.7. The van der Waals surface area contributed by atoms with E-state index in [1.165, 1.54) is 10.9 Å². The van der Waals surface area contributed by atoms with E-state index < -0.39 is 6.10 Å². The second kappa shape index (κ2) is 8.95. The first-order valence-corrected chi connectivity index (χ1v) is 9.90. The number of hydrogen-bond acceptors (Lipinski definition) is 3. The largest absolute Gasteiger partial charge is 0.497 e. The summed E-state index contributed by atoms with van der Waals surface area (Å²) in [6.45, 7) is 1.80. The molecule has 1 heterocycles. The Hall–Kier alpha value is -3.08. The van der Waals surface area contributed by atoms with Gasteiger partial charge in [-0.1, -0.05) is 48.5 Å². The van der Waals surface area contributed by atoms with Crippen molar-refractivity contribution in [2.24, 2.45) is 0 Å². The highest BCUT2D eigenvalue weighted by Crippen LogP contribution is 2.29. The van der Waals surface area contributed by atoms with Crippen molar-refractivity contribution in [2.45, 2.75) is 19.2 Å². The third-order valence-corrected chi connectivity index (χ3v) is 5.14. The number of benzene rings is 3. The van der Waals surface area contributed by atoms with Crippen molar-refractivity contribution < 1.29 is 9.84 Å². The Balaban J connectivity index is 1.53. The highest BCUT2D eigenvalue weighted by molar-refractivity contribution is 5.87. The Labute approximate surface area is 171 Å². The molecule has 1 aromatic heterocycles. The summed E-state index contributed by atoms with van der Waals surface area (Å²) in [7, 11) is 1.67. The van der Waals surface area contributed by atoms with Gasteiger partial charge in [0, 0.05) is 29.7 Å². The lowest BCUT2D eigenvalue weighted by molar-refractivity contribution is 0.153. The summed E-state index contributed by atoms with van der Waals surface area (Å²) in [4.78, 5) is 0. The van der Waals surface area contributed by atoms with E-state index in [4.69, 9.17) is 4.74 Å². The van der Waals surface area contributed by atoms with E-state index in [0.717, 1.165) is 29.1 Å². The van der Waals surface area contributed by atoms with Crippen molar-refractivity contribution in [3.05, 3.63) is 90.5 Å². The number of aliphatic hydroxyl groups excluding tert-OH is 1. The molecule has 0 aliphatic carbocycles. The van der Waals surface area contributed by atoms with Crippen molar-refractivity contribution in [2.75, 3.05) is 13.7 Å². The van der Waals surface area contributed by atoms with E-state index in [9.17, 15) is 5.11 Å². The first-order chi connectivity index (χ1) is 14.2. The van der Waals surface area contributed by atoms with Crippen LogP contribution in [0.25, 0.3) is 22.2 Å². The number of hydrogen-bond donors (Lipinski definition) is 2. The Morgan fingerprint density at radius 1 is 0.931 bits per heavy atom. The molecule has 4 nitrogen and oxygen atoms in total. The van der Waals surface area contributed by atoms with Crippen molar-refractivity contribution in [1.29, 1.82) is 0 Å². The average Bonchev–Trinajstić information content (AvgIpc) is 3.13. The van der Waals surface area contributed by atoms with Crippen LogP contribution in [0, 0.1) is 0 Å². The van der Waals surface area contributed by atoms with Crippen molar-refractivity contribution in [1.82, 2.24) is 9.88 Å². The molecule has 0 unspecified atom stereocenters. The molecular weight excluding hydrogens is 360 g/mol. The fraction of sp³-hybridized carbons (Fsp3) is 0.200. The minimum atomic E-state index is -0.494. The number of fused-ring (bicyclic) bond motifs is 1. The van der Waals surface area contributed by atoms with Gasteiger partial charge in [-0.3, -0.25) is 0 Å². The molecule has 148 valence electrons. The Morgan fingerprint density at radius 2 is 1.66 bits per heavy atom. The van der Waals surface area contributed by atoms with Gasteiger partial charge >= 0.3 is 0 Å². The summed E-state index contributed by atoms with van der Waals surface area (Å²) in [6.07, 6.45) is -0.494. The fourth-order valence-electron chi connectivity index (χ4n) is 3.66. The smallest absolute Gasteiger partial charge is 0.118 e. The SMILES string of the molecule is COc1ccc(-c2cc3ccccc3n2C[C@@H](O)CNCc2ccccc2)cc1. The molecule has 0 radical (unpaired) electrons. The number of aliphatic hydroxyl groups is 1. The normalized spacial score (nSPS) is 12.2. The van der Waals surface area contributed by atoms with E-state index in [1.807, 2.05) is 42.5 Å². The van der Waals surface area contributed by atoms with Crippen LogP contribution >= 0.6 is 0 Å². The summed E-state index contributed by atoms with van der Waals surface area (Å²) in [5, 5.41) is 15.2. The van der Waals surface area contributed by atoms with Crippen molar-refractivity contribution in [3.8, 4) is 17.0 Å². The van der Waals surface area contributed by atoms with Gasteiger partial charge in [0.2, 0.25) is 0 Å². The monoisotopic (exact) mass is 386 g/mol. The average molecular weight is 386 g/mol. The van der Waals surface area contributed by atoms with Gasteiger partial charge in [0.25, 0.3) is 0 Å². The van der Waals surface area contributed by atoms with Crippen molar-refractivity contribution in [3.63, 3.8) is 0 Å². The van der Waals surface area contributed by atoms with E-state index in [-0.39, 0.29) is 0 Å². The maximum Gasteiger partial charge on any atom is 0.118 e. The van der Waals surface area contributed by atoms with Crippen LogP contribution in [0.2, 0.25) is 0 Å². The molecule has 4 heteroatoms. The zero-order chi connectivity index (χ0) is 20.1. The third-order valence-electron chi connectivity index (χ3n) is 5.14. The molecule has 0 amide bonds. The Morgan fingerprint density at radius 3 is 2.41 bits per heavy atom. The summed E-state index contributed by atoms with van der Waals surface area (Å²) < 4.78 is 7.48. The first-order valence-electron chi connectivity index (χ1n) is 9.90. The van der Waals surface area contributed by atoms with E-state index in [1.54, 1.807) is 7.11 Å². The lowest BCUT2D eigenvalue weighted by Gasteiger charge is -2.17. The lowest BCUT2D eigenvalue weighted by atomic mass is 10.1. The van der Waals surface area contributed by atoms with Crippen LogP contribution in [-0.4, -0.2) is 29.4 Å². The molecule has 0 bridgehead atoms. The number of nitrogens with zero attached hydrogens (tertiary/aromatic N) is 1. The van der Waals surface area contributed by atoms with Crippen LogP contribution in [0.5, 0.6) is 5.75 Å². The number of aromatic nitrogens is 1. The van der Waals surface area contributed by atoms with E-state index >= 15 is 0 Å². The molecule has 0 aliphatic rings. The number of methoxy groups -OCH3 is 1. The quantitative estimate of drug-likeness (QED) is 0.470. The standard InChI is InChI=1S/C25H26N2O2/c1-29-23-13-11-20(12-14-23)25-15-21-9-5-6-10-24(21)27(25)18-22(28)17-26-16-19-7-3-2-4-8-19/h2-15,22,26,28H,16-18H2,1H3/t22-/m0/s1. The van der Waals surface area contributed by atoms with Crippen LogP contribution < -0.4 is 10.1 Å². The summed E-state index contributed by atoms with van der Waals surface area (Å²) in [5.74, 6) is 0.835. The van der Waals surface area contributed by atoms with Crippen LogP contribution in [0.4, 0.5) is 0 Å². The minimum Gasteiger partial charge on any atom is -0.497 e. The molecule has 1 atom stereocenters. The predicted molar refractivity (Wildman–Crippen MR) is 118 cm³/mol. The van der Waals surface area contributed by atoms with Gasteiger partial charge < -0.3 is 19.7 Å². The molecule has 0 saturated carbocycles. The molecule has 3 aromatic carbocycles. The number of rotatable bonds is 8. The molecule has 0 aliphatic heterocycles. The second-order valence-corrected chi connectivity index (χ2v) is 7.20. The zero-order valence-electron chi connectivity index (χ0n) is 16.6. The van der Waals surface area contributed by atoms with Crippen LogP contribution in [0.3, 0.4) is 0 Å². The lowest BCUT2D eigenvalue weighted by Crippen LogP contribution is -2.30. The number of ether oxygens (including phenoxy) is 1. The number of para-hydroxylation sites is 1. The Kier molecular flexibility index (Phi) is 5.94. The van der Waals surface area contributed by atoms with Crippen molar-refractivity contribution >= 4 is 10.9 Å². The molecule has 0 spiro atoms. The molecule has 29 heavy (non-hydrogen) atoms. The van der Waals surface area contributed by atoms with Gasteiger partial charge in [-0.15, -0.1) is 0 Å². The van der Waals surface area contributed by atoms with Crippen LogP contribution in [0.1, 0.15) is 5.56 Å². The van der Waals surface area contributed by atoms with Gasteiger partial charge in [0.1, 0.15) is 5.75 Å². The third kappa shape index (κ3) is 4.50. The highest BCUT2D eigenvalue weighted by Gasteiger charge is 2.14. The predicted octanol–water partition coefficient (Wildman–Crippen LogP) is 4.47. The van der Waals surface area contributed by atoms with Gasteiger partial charge in [0.05, 0.1) is 19.8 Å².